The molecule has 0 fully saturated rings. The molecule has 2 rings (SSSR count). The van der Waals surface area contributed by atoms with Crippen LogP contribution in [0, 0.1) is 10.1 Å². The smallest absolute Gasteiger partial charge is 0.269 e. The predicted octanol–water partition coefficient (Wildman–Crippen LogP) is 4.31. The van der Waals surface area contributed by atoms with Crippen LogP contribution in [0.4, 0.5) is 5.69 Å². The van der Waals surface area contributed by atoms with E-state index in [-0.39, 0.29) is 11.5 Å². The van der Waals surface area contributed by atoms with Crippen molar-refractivity contribution in [3.63, 3.8) is 0 Å². The molecular formula is C13H8BrNO3S. The number of rotatable bonds is 4. The van der Waals surface area contributed by atoms with Crippen molar-refractivity contribution in [2.24, 2.45) is 0 Å². The molecule has 0 saturated heterocycles. The summed E-state index contributed by atoms with van der Waals surface area (Å²) in [6.07, 6.45) is 3.18. The lowest BCUT2D eigenvalue weighted by molar-refractivity contribution is -0.384. The minimum absolute atomic E-state index is 0.0253. The first kappa shape index (κ1) is 13.6. The molecule has 96 valence electrons. The van der Waals surface area contributed by atoms with Crippen molar-refractivity contribution in [3.8, 4) is 0 Å². The van der Waals surface area contributed by atoms with E-state index < -0.39 is 4.92 Å². The number of carbonyl (C=O) groups excluding carboxylic acids is 1. The summed E-state index contributed by atoms with van der Waals surface area (Å²) in [4.78, 5) is 22.8. The highest BCUT2D eigenvalue weighted by Crippen LogP contribution is 2.21. The number of allylic oxidation sites excluding steroid dienone is 1. The molecule has 0 unspecified atom stereocenters. The fraction of sp³-hybridized carbons (Fsp3) is 0. The zero-order chi connectivity index (χ0) is 13.8. The van der Waals surface area contributed by atoms with Crippen molar-refractivity contribution in [1.29, 1.82) is 0 Å². The maximum Gasteiger partial charge on any atom is 0.269 e. The first-order chi connectivity index (χ1) is 9.06. The first-order valence-corrected chi connectivity index (χ1v) is 6.94. The standard InChI is InChI=1S/C13H8BrNO3S/c14-10-7-12(19-8-10)5-6-13(16)9-1-3-11(4-2-9)15(17)18/h1-8H/b6-5+. The number of nitrogens with zero attached hydrogens (tertiary/aromatic N) is 1. The molecule has 2 aromatic rings. The van der Waals surface area contributed by atoms with E-state index in [4.69, 9.17) is 0 Å². The number of ketones is 1. The summed E-state index contributed by atoms with van der Waals surface area (Å²) in [6.45, 7) is 0. The zero-order valence-corrected chi connectivity index (χ0v) is 12.0. The molecule has 0 aliphatic rings. The molecule has 0 radical (unpaired) electrons. The van der Waals surface area contributed by atoms with Gasteiger partial charge in [-0.15, -0.1) is 11.3 Å². The molecule has 19 heavy (non-hydrogen) atoms. The Bertz CT molecular complexity index is 646. The van der Waals surface area contributed by atoms with Gasteiger partial charge in [-0.1, -0.05) is 0 Å². The van der Waals surface area contributed by atoms with Gasteiger partial charge in [-0.2, -0.15) is 0 Å². The molecule has 1 heterocycles. The maximum atomic E-state index is 11.8. The van der Waals surface area contributed by atoms with Gasteiger partial charge in [-0.05, 0) is 46.3 Å². The molecular weight excluding hydrogens is 330 g/mol. The summed E-state index contributed by atoms with van der Waals surface area (Å²) in [5, 5.41) is 12.4. The van der Waals surface area contributed by atoms with Crippen LogP contribution in [0.2, 0.25) is 0 Å². The Balaban J connectivity index is 2.11. The fourth-order valence-corrected chi connectivity index (χ4v) is 2.75. The Morgan fingerprint density at radius 1 is 1.32 bits per heavy atom. The van der Waals surface area contributed by atoms with E-state index in [2.05, 4.69) is 15.9 Å². The molecule has 0 saturated carbocycles. The van der Waals surface area contributed by atoms with Crippen molar-refractivity contribution >= 4 is 44.8 Å². The highest BCUT2D eigenvalue weighted by atomic mass is 79.9. The van der Waals surface area contributed by atoms with E-state index in [9.17, 15) is 14.9 Å². The van der Waals surface area contributed by atoms with E-state index in [0.29, 0.717) is 5.56 Å². The molecule has 0 amide bonds. The summed E-state index contributed by atoms with van der Waals surface area (Å²) >= 11 is 4.85. The van der Waals surface area contributed by atoms with Gasteiger partial charge in [0.05, 0.1) is 4.92 Å². The third-order valence-corrected chi connectivity index (χ3v) is 4.01. The van der Waals surface area contributed by atoms with Gasteiger partial charge in [-0.3, -0.25) is 14.9 Å². The molecule has 0 aliphatic heterocycles. The molecule has 0 atom stereocenters. The second-order valence-corrected chi connectivity index (χ2v) is 5.53. The predicted molar refractivity (Wildman–Crippen MR) is 78.5 cm³/mol. The van der Waals surface area contributed by atoms with Crippen molar-refractivity contribution in [3.05, 3.63) is 66.8 Å². The van der Waals surface area contributed by atoms with Crippen molar-refractivity contribution in [1.82, 2.24) is 0 Å². The number of thiophene rings is 1. The van der Waals surface area contributed by atoms with E-state index in [0.717, 1.165) is 9.35 Å². The number of nitro benzene ring substituents is 1. The van der Waals surface area contributed by atoms with Gasteiger partial charge in [0.15, 0.2) is 5.78 Å². The normalized spacial score (nSPS) is 10.8. The lowest BCUT2D eigenvalue weighted by atomic mass is 10.1. The van der Waals surface area contributed by atoms with Gasteiger partial charge in [0.2, 0.25) is 0 Å². The summed E-state index contributed by atoms with van der Waals surface area (Å²) in [6, 6.07) is 7.46. The Kier molecular flexibility index (Phi) is 4.24. The Hall–Kier alpha value is -1.79. The van der Waals surface area contributed by atoms with E-state index in [1.54, 1.807) is 6.08 Å². The number of hydrogen-bond acceptors (Lipinski definition) is 4. The SMILES string of the molecule is O=C(/C=C/c1cc(Br)cs1)c1ccc([N+](=O)[O-])cc1. The number of benzene rings is 1. The monoisotopic (exact) mass is 337 g/mol. The number of hydrogen-bond donors (Lipinski definition) is 0. The molecule has 4 nitrogen and oxygen atoms in total. The molecule has 0 aliphatic carbocycles. The molecule has 0 N–H and O–H groups in total. The average molecular weight is 338 g/mol. The number of nitro groups is 1. The molecule has 6 heteroatoms. The highest BCUT2D eigenvalue weighted by Gasteiger charge is 2.07. The van der Waals surface area contributed by atoms with Crippen LogP contribution >= 0.6 is 27.3 Å². The summed E-state index contributed by atoms with van der Waals surface area (Å²) in [7, 11) is 0. The Morgan fingerprint density at radius 3 is 2.53 bits per heavy atom. The molecule has 0 bridgehead atoms. The van der Waals surface area contributed by atoms with Crippen molar-refractivity contribution in [2.75, 3.05) is 0 Å². The molecule has 1 aromatic heterocycles. The molecule has 1 aromatic carbocycles. The Morgan fingerprint density at radius 2 is 2.00 bits per heavy atom. The van der Waals surface area contributed by atoms with Crippen LogP contribution in [0.15, 0.2) is 46.3 Å². The maximum absolute atomic E-state index is 11.8. The lowest BCUT2D eigenvalue weighted by Crippen LogP contribution is -1.94. The van der Waals surface area contributed by atoms with Gasteiger partial charge in [0, 0.05) is 32.4 Å². The van der Waals surface area contributed by atoms with Gasteiger partial charge < -0.3 is 0 Å². The second kappa shape index (κ2) is 5.90. The lowest BCUT2D eigenvalue weighted by Gasteiger charge is -1.95. The van der Waals surface area contributed by atoms with Crippen LogP contribution in [-0.2, 0) is 0 Å². The van der Waals surface area contributed by atoms with Crippen LogP contribution in [0.25, 0.3) is 6.08 Å². The summed E-state index contributed by atoms with van der Waals surface area (Å²) < 4.78 is 0.972. The van der Waals surface area contributed by atoms with Gasteiger partial charge >= 0.3 is 0 Å². The van der Waals surface area contributed by atoms with E-state index in [1.807, 2.05) is 11.4 Å². The van der Waals surface area contributed by atoms with Crippen molar-refractivity contribution in [2.45, 2.75) is 0 Å². The third-order valence-electron chi connectivity index (χ3n) is 2.35. The summed E-state index contributed by atoms with van der Waals surface area (Å²) in [5.41, 5.74) is 0.403. The number of non-ortho nitro benzene ring substituents is 1. The highest BCUT2D eigenvalue weighted by molar-refractivity contribution is 9.10. The topological polar surface area (TPSA) is 60.2 Å². The first-order valence-electron chi connectivity index (χ1n) is 5.27. The zero-order valence-electron chi connectivity index (χ0n) is 9.58. The summed E-state index contributed by atoms with van der Waals surface area (Å²) in [5.74, 6) is -0.181. The van der Waals surface area contributed by atoms with Crippen molar-refractivity contribution < 1.29 is 9.72 Å². The van der Waals surface area contributed by atoms with Gasteiger partial charge in [-0.25, -0.2) is 0 Å². The fourth-order valence-electron chi connectivity index (χ4n) is 1.42. The van der Waals surface area contributed by atoms with Crippen LogP contribution in [0.3, 0.4) is 0 Å². The minimum atomic E-state index is -0.493. The van der Waals surface area contributed by atoms with Gasteiger partial charge in [0.1, 0.15) is 0 Å². The second-order valence-electron chi connectivity index (χ2n) is 3.67. The average Bonchev–Trinajstić information content (AvgIpc) is 2.82. The number of halogens is 1. The Labute approximate surface area is 121 Å². The minimum Gasteiger partial charge on any atom is -0.289 e. The van der Waals surface area contributed by atoms with Crippen LogP contribution in [-0.4, -0.2) is 10.7 Å². The van der Waals surface area contributed by atoms with E-state index in [1.165, 1.54) is 41.7 Å². The largest absolute Gasteiger partial charge is 0.289 e. The van der Waals surface area contributed by atoms with Crippen LogP contribution in [0.5, 0.6) is 0 Å². The number of carbonyl (C=O) groups is 1. The van der Waals surface area contributed by atoms with Gasteiger partial charge in [0.25, 0.3) is 5.69 Å². The molecule has 0 spiro atoms. The third kappa shape index (κ3) is 3.59. The quantitative estimate of drug-likeness (QED) is 0.361. The van der Waals surface area contributed by atoms with E-state index >= 15 is 0 Å². The van der Waals surface area contributed by atoms with Crippen LogP contribution < -0.4 is 0 Å². The van der Waals surface area contributed by atoms with Crippen LogP contribution in [0.1, 0.15) is 15.2 Å².